The maximum atomic E-state index is 13.2. The van der Waals surface area contributed by atoms with E-state index in [0.29, 0.717) is 16.3 Å². The molecule has 2 heterocycles. The van der Waals surface area contributed by atoms with E-state index >= 15 is 0 Å². The highest BCUT2D eigenvalue weighted by atomic mass is 32.1. The fourth-order valence-corrected chi connectivity index (χ4v) is 3.89. The van der Waals surface area contributed by atoms with Gasteiger partial charge in [0.2, 0.25) is 0 Å². The summed E-state index contributed by atoms with van der Waals surface area (Å²) in [7, 11) is 0. The van der Waals surface area contributed by atoms with E-state index in [1.54, 1.807) is 4.98 Å². The largest absolute Gasteiger partial charge is 0.480 e. The zero-order chi connectivity index (χ0) is 25.6. The highest BCUT2D eigenvalue weighted by molar-refractivity contribution is 7.80. The van der Waals surface area contributed by atoms with Crippen LogP contribution in [0.4, 0.5) is 13.2 Å². The number of rotatable bonds is 9. The lowest BCUT2D eigenvalue weighted by atomic mass is 10.1. The Bertz CT molecular complexity index is 1180. The zero-order valence-electron chi connectivity index (χ0n) is 19.0. The number of unbranched alkanes of at least 4 members (excludes halogenated alkanes) is 1. The van der Waals surface area contributed by atoms with Crippen LogP contribution in [0, 0.1) is 12.3 Å². The number of hydrogen-bond donors (Lipinski definition) is 1. The molecule has 3 atom stereocenters. The van der Waals surface area contributed by atoms with Gasteiger partial charge in [0.05, 0.1) is 6.10 Å². The van der Waals surface area contributed by atoms with E-state index in [2.05, 4.69) is 12.8 Å². The van der Waals surface area contributed by atoms with Crippen LogP contribution in [0.2, 0.25) is 0 Å². The maximum Gasteiger partial charge on any atom is 0.423 e. The van der Waals surface area contributed by atoms with E-state index < -0.39 is 41.4 Å². The highest BCUT2D eigenvalue weighted by Crippen LogP contribution is 2.32. The van der Waals surface area contributed by atoms with Crippen molar-refractivity contribution in [3.8, 4) is 12.3 Å². The van der Waals surface area contributed by atoms with Gasteiger partial charge in [0.15, 0.2) is 5.05 Å². The summed E-state index contributed by atoms with van der Waals surface area (Å²) in [4.78, 5) is 25.5. The molecule has 11 heteroatoms. The van der Waals surface area contributed by atoms with Gasteiger partial charge < -0.3 is 14.2 Å². The number of aromatic nitrogens is 2. The van der Waals surface area contributed by atoms with Gasteiger partial charge in [-0.05, 0) is 30.6 Å². The number of ether oxygens (including phenoxy) is 3. The molecular weight excluding hydrogens is 485 g/mol. The summed E-state index contributed by atoms with van der Waals surface area (Å²) in [6.45, 7) is 1.97. The summed E-state index contributed by atoms with van der Waals surface area (Å²) in [6.07, 6.45) is 1.33. The molecule has 1 fully saturated rings. The fraction of sp³-hybridized carbons (Fsp3) is 0.458. The molecule has 35 heavy (non-hydrogen) atoms. The van der Waals surface area contributed by atoms with Gasteiger partial charge in [0.25, 0.3) is 5.56 Å². The van der Waals surface area contributed by atoms with E-state index in [1.807, 2.05) is 24.3 Å². The minimum absolute atomic E-state index is 0.0117. The average Bonchev–Trinajstić information content (AvgIpc) is 3.21. The van der Waals surface area contributed by atoms with Crippen LogP contribution in [0.3, 0.4) is 0 Å². The normalized spacial score (nSPS) is 19.9. The summed E-state index contributed by atoms with van der Waals surface area (Å²) in [5, 5.41) is 0.218. The van der Waals surface area contributed by atoms with Crippen LogP contribution in [0.5, 0.6) is 0 Å². The first-order valence-electron chi connectivity index (χ1n) is 11.0. The smallest absolute Gasteiger partial charge is 0.423 e. The first-order valence-corrected chi connectivity index (χ1v) is 11.4. The molecule has 0 aliphatic carbocycles. The molecule has 0 amide bonds. The van der Waals surface area contributed by atoms with Crippen molar-refractivity contribution in [1.82, 2.24) is 9.55 Å². The van der Waals surface area contributed by atoms with Crippen molar-refractivity contribution in [3.63, 3.8) is 0 Å². The summed E-state index contributed by atoms with van der Waals surface area (Å²) < 4.78 is 57.3. The molecule has 1 saturated heterocycles. The van der Waals surface area contributed by atoms with Gasteiger partial charge in [-0.3, -0.25) is 14.3 Å². The Kier molecular flexibility index (Phi) is 8.88. The van der Waals surface area contributed by atoms with Gasteiger partial charge in [-0.2, -0.15) is 13.2 Å². The minimum Gasteiger partial charge on any atom is -0.480 e. The van der Waals surface area contributed by atoms with E-state index in [4.69, 9.17) is 32.9 Å². The quantitative estimate of drug-likeness (QED) is 0.410. The Morgan fingerprint density at radius 2 is 2.03 bits per heavy atom. The standard InChI is InChI=1S/C24H25F3N2O5S/c1-3-5-6-15-7-9-16(10-8-15)22(35)33-14-19-18(32-11-4-2)12-20(34-19)29-13-17(24(25,26)27)21(30)28-23(29)31/h2,7-10,13,18-20H,3,5-6,11-12,14H2,1H3,(H,28,30,31)/t18-,19+,20+/m0/s1. The molecule has 188 valence electrons. The van der Waals surface area contributed by atoms with Crippen molar-refractivity contribution >= 4 is 17.3 Å². The molecule has 0 spiro atoms. The molecule has 7 nitrogen and oxygen atoms in total. The first-order chi connectivity index (χ1) is 16.6. The number of nitrogens with zero attached hydrogens (tertiary/aromatic N) is 1. The van der Waals surface area contributed by atoms with Gasteiger partial charge in [-0.1, -0.05) is 43.5 Å². The van der Waals surface area contributed by atoms with Gasteiger partial charge in [0, 0.05) is 18.2 Å². The van der Waals surface area contributed by atoms with Crippen LogP contribution in [-0.4, -0.2) is 40.0 Å². The second-order valence-electron chi connectivity index (χ2n) is 8.02. The number of halogens is 3. The van der Waals surface area contributed by atoms with Gasteiger partial charge in [-0.25, -0.2) is 4.79 Å². The molecule has 1 aromatic carbocycles. The van der Waals surface area contributed by atoms with Crippen molar-refractivity contribution in [3.05, 3.63) is 68.0 Å². The lowest BCUT2D eigenvalue weighted by Gasteiger charge is -2.19. The molecule has 1 aliphatic heterocycles. The first kappa shape index (κ1) is 26.7. The third-order valence-electron chi connectivity index (χ3n) is 5.53. The van der Waals surface area contributed by atoms with Crippen LogP contribution < -0.4 is 11.2 Å². The lowest BCUT2D eigenvalue weighted by molar-refractivity contribution is -0.139. The van der Waals surface area contributed by atoms with E-state index in [9.17, 15) is 22.8 Å². The fourth-order valence-electron chi connectivity index (χ4n) is 3.68. The number of H-pyrrole nitrogens is 1. The second kappa shape index (κ2) is 11.7. The van der Waals surface area contributed by atoms with Crippen LogP contribution in [-0.2, 0) is 26.8 Å². The molecule has 1 aliphatic rings. The minimum atomic E-state index is -4.94. The monoisotopic (exact) mass is 510 g/mol. The topological polar surface area (TPSA) is 82.6 Å². The number of aryl methyl sites for hydroxylation is 1. The molecule has 0 radical (unpaired) electrons. The van der Waals surface area contributed by atoms with Crippen molar-refractivity contribution in [2.75, 3.05) is 13.2 Å². The van der Waals surface area contributed by atoms with Crippen molar-refractivity contribution < 1.29 is 27.4 Å². The lowest BCUT2D eigenvalue weighted by Crippen LogP contribution is -2.36. The molecular formula is C24H25F3N2O5S. The summed E-state index contributed by atoms with van der Waals surface area (Å²) in [5.74, 6) is 2.32. The van der Waals surface area contributed by atoms with E-state index in [0.717, 1.165) is 19.3 Å². The Balaban J connectivity index is 1.73. The van der Waals surface area contributed by atoms with Crippen LogP contribution >= 0.6 is 12.2 Å². The highest BCUT2D eigenvalue weighted by Gasteiger charge is 2.40. The Hall–Kier alpha value is -2.94. The molecule has 0 bridgehead atoms. The van der Waals surface area contributed by atoms with Crippen molar-refractivity contribution in [2.45, 2.75) is 57.2 Å². The van der Waals surface area contributed by atoms with Gasteiger partial charge in [-0.15, -0.1) is 6.42 Å². The Labute approximate surface area is 205 Å². The summed E-state index contributed by atoms with van der Waals surface area (Å²) in [6, 6.07) is 7.66. The molecule has 3 rings (SSSR count). The van der Waals surface area contributed by atoms with Gasteiger partial charge in [0.1, 0.15) is 31.1 Å². The predicted octanol–water partition coefficient (Wildman–Crippen LogP) is 3.60. The Morgan fingerprint density at radius 1 is 1.31 bits per heavy atom. The van der Waals surface area contributed by atoms with Crippen LogP contribution in [0.1, 0.15) is 49.1 Å². The number of nitrogens with one attached hydrogen (secondary N) is 1. The zero-order valence-corrected chi connectivity index (χ0v) is 19.8. The SMILES string of the molecule is C#CCO[C@H]1C[C@H](n2cc(C(F)(F)F)c(=O)[nH]c2=O)O[C@@H]1COC(=S)c1ccc(CCCC)cc1. The summed E-state index contributed by atoms with van der Waals surface area (Å²) >= 11 is 5.36. The number of benzene rings is 1. The van der Waals surface area contributed by atoms with Crippen LogP contribution in [0.15, 0.2) is 40.1 Å². The Morgan fingerprint density at radius 3 is 2.66 bits per heavy atom. The molecule has 0 saturated carbocycles. The molecule has 1 aromatic heterocycles. The van der Waals surface area contributed by atoms with Crippen molar-refractivity contribution in [1.29, 1.82) is 0 Å². The molecule has 2 aromatic rings. The predicted molar refractivity (Wildman–Crippen MR) is 126 cm³/mol. The third kappa shape index (κ3) is 6.81. The van der Waals surface area contributed by atoms with Crippen LogP contribution in [0.25, 0.3) is 0 Å². The maximum absolute atomic E-state index is 13.2. The second-order valence-corrected chi connectivity index (χ2v) is 8.40. The third-order valence-corrected chi connectivity index (χ3v) is 5.89. The van der Waals surface area contributed by atoms with E-state index in [-0.39, 0.29) is 24.7 Å². The number of hydrogen-bond acceptors (Lipinski definition) is 6. The number of terminal acetylenes is 1. The molecule has 1 N–H and O–H groups in total. The number of thiocarbonyl (C=S) groups is 1. The number of alkyl halides is 3. The average molecular weight is 511 g/mol. The van der Waals surface area contributed by atoms with Gasteiger partial charge >= 0.3 is 11.9 Å². The van der Waals surface area contributed by atoms with E-state index in [1.165, 1.54) is 5.56 Å². The van der Waals surface area contributed by atoms with Crippen molar-refractivity contribution in [2.24, 2.45) is 0 Å². The molecule has 0 unspecified atom stereocenters. The summed E-state index contributed by atoms with van der Waals surface area (Å²) in [5.41, 5.74) is -2.19. The number of aromatic amines is 1.